The quantitative estimate of drug-likeness (QED) is 0.606. The lowest BCUT2D eigenvalue weighted by atomic mass is 10.3. The first-order chi connectivity index (χ1) is 5.74. The van der Waals surface area contributed by atoms with E-state index in [9.17, 15) is 0 Å². The van der Waals surface area contributed by atoms with Gasteiger partial charge in [0.25, 0.3) is 0 Å². The van der Waals surface area contributed by atoms with Crippen LogP contribution in [0.3, 0.4) is 0 Å². The van der Waals surface area contributed by atoms with E-state index in [0.717, 1.165) is 0 Å². The van der Waals surface area contributed by atoms with Gasteiger partial charge in [0.1, 0.15) is 5.82 Å². The number of anilines is 1. The molecule has 1 aromatic rings. The number of halogens is 1. The zero-order valence-corrected chi connectivity index (χ0v) is 6.76. The molecule has 0 amide bonds. The van der Waals surface area contributed by atoms with Crippen LogP contribution in [-0.4, -0.2) is 4.98 Å². The standard InChI is InChI=1S/C8H4ClN3/c9-7-4-8(11)12-5-6(7)2-1-3-10/h4-5H,(H2,11,12). The maximum absolute atomic E-state index is 8.16. The van der Waals surface area contributed by atoms with Gasteiger partial charge in [0, 0.05) is 18.2 Å². The average molecular weight is 178 g/mol. The van der Waals surface area contributed by atoms with Crippen molar-refractivity contribution in [3.63, 3.8) is 0 Å². The maximum Gasteiger partial charge on any atom is 0.152 e. The summed E-state index contributed by atoms with van der Waals surface area (Å²) < 4.78 is 0. The molecule has 0 bridgehead atoms. The van der Waals surface area contributed by atoms with Crippen LogP contribution < -0.4 is 5.73 Å². The minimum Gasteiger partial charge on any atom is -0.384 e. The van der Waals surface area contributed by atoms with Gasteiger partial charge in [-0.05, 0) is 5.92 Å². The van der Waals surface area contributed by atoms with Crippen molar-refractivity contribution in [1.82, 2.24) is 4.98 Å². The summed E-state index contributed by atoms with van der Waals surface area (Å²) in [7, 11) is 0. The highest BCUT2D eigenvalue weighted by Gasteiger charge is 1.96. The van der Waals surface area contributed by atoms with Crippen molar-refractivity contribution in [3.8, 4) is 17.9 Å². The Hall–Kier alpha value is -1.71. The van der Waals surface area contributed by atoms with E-state index in [1.807, 2.05) is 0 Å². The van der Waals surface area contributed by atoms with Gasteiger partial charge in [0.15, 0.2) is 6.07 Å². The van der Waals surface area contributed by atoms with Gasteiger partial charge in [-0.15, -0.1) is 0 Å². The fraction of sp³-hybridized carbons (Fsp3) is 0. The van der Waals surface area contributed by atoms with Crippen molar-refractivity contribution in [3.05, 3.63) is 22.8 Å². The van der Waals surface area contributed by atoms with Crippen molar-refractivity contribution in [2.75, 3.05) is 5.73 Å². The number of hydrogen-bond donors (Lipinski definition) is 1. The maximum atomic E-state index is 8.16. The first kappa shape index (κ1) is 8.39. The van der Waals surface area contributed by atoms with Crippen LogP contribution in [0.5, 0.6) is 0 Å². The largest absolute Gasteiger partial charge is 0.384 e. The molecule has 2 N–H and O–H groups in total. The van der Waals surface area contributed by atoms with E-state index in [0.29, 0.717) is 16.4 Å². The zero-order chi connectivity index (χ0) is 8.97. The van der Waals surface area contributed by atoms with Crippen molar-refractivity contribution in [2.24, 2.45) is 0 Å². The minimum atomic E-state index is 0.336. The molecule has 58 valence electrons. The molecule has 0 spiro atoms. The molecule has 0 unspecified atom stereocenters. The summed E-state index contributed by atoms with van der Waals surface area (Å²) in [5.41, 5.74) is 5.85. The molecule has 12 heavy (non-hydrogen) atoms. The van der Waals surface area contributed by atoms with Gasteiger partial charge in [-0.3, -0.25) is 0 Å². The van der Waals surface area contributed by atoms with Crippen LogP contribution in [0.25, 0.3) is 0 Å². The highest BCUT2D eigenvalue weighted by molar-refractivity contribution is 6.31. The molecule has 0 fully saturated rings. The molecule has 0 saturated carbocycles. The van der Waals surface area contributed by atoms with Gasteiger partial charge < -0.3 is 5.73 Å². The monoisotopic (exact) mass is 177 g/mol. The first-order valence-electron chi connectivity index (χ1n) is 3.05. The lowest BCUT2D eigenvalue weighted by Gasteiger charge is -1.94. The molecule has 1 rings (SSSR count). The Morgan fingerprint density at radius 2 is 2.33 bits per heavy atom. The molecule has 0 aliphatic rings. The SMILES string of the molecule is N#CC#Cc1cnc(N)cc1Cl. The number of nitrogens with two attached hydrogens (primary N) is 1. The Morgan fingerprint density at radius 1 is 1.58 bits per heavy atom. The lowest BCUT2D eigenvalue weighted by molar-refractivity contribution is 1.32. The second kappa shape index (κ2) is 3.61. The van der Waals surface area contributed by atoms with Crippen LogP contribution in [-0.2, 0) is 0 Å². The van der Waals surface area contributed by atoms with E-state index in [1.54, 1.807) is 6.07 Å². The number of rotatable bonds is 0. The first-order valence-corrected chi connectivity index (χ1v) is 3.43. The second-order valence-corrected chi connectivity index (χ2v) is 2.36. The topological polar surface area (TPSA) is 62.7 Å². The summed E-state index contributed by atoms with van der Waals surface area (Å²) >= 11 is 5.73. The smallest absolute Gasteiger partial charge is 0.152 e. The van der Waals surface area contributed by atoms with Crippen LogP contribution in [0, 0.1) is 23.2 Å². The van der Waals surface area contributed by atoms with Crippen LogP contribution in [0.1, 0.15) is 5.56 Å². The summed E-state index contributed by atoms with van der Waals surface area (Å²) in [4.78, 5) is 3.77. The number of nitrogen functional groups attached to an aromatic ring is 1. The van der Waals surface area contributed by atoms with Gasteiger partial charge in [0.2, 0.25) is 0 Å². The Labute approximate surface area is 74.8 Å². The Kier molecular flexibility index (Phi) is 2.53. The van der Waals surface area contributed by atoms with E-state index in [2.05, 4.69) is 16.8 Å². The summed E-state index contributed by atoms with van der Waals surface area (Å²) in [5.74, 6) is 5.08. The van der Waals surface area contributed by atoms with Gasteiger partial charge in [-0.25, -0.2) is 4.98 Å². The molecule has 0 aromatic carbocycles. The summed E-state index contributed by atoms with van der Waals surface area (Å²) in [6.07, 6.45) is 1.43. The van der Waals surface area contributed by atoms with Crippen molar-refractivity contribution < 1.29 is 0 Å². The molecule has 1 heterocycles. The third kappa shape index (κ3) is 1.88. The minimum absolute atomic E-state index is 0.336. The molecule has 0 atom stereocenters. The molecule has 0 aliphatic carbocycles. The normalized spacial score (nSPS) is 8.00. The van der Waals surface area contributed by atoms with E-state index < -0.39 is 0 Å². The predicted molar refractivity (Wildman–Crippen MR) is 46.2 cm³/mol. The average Bonchev–Trinajstić information content (AvgIpc) is 2.03. The van der Waals surface area contributed by atoms with Gasteiger partial charge in [-0.2, -0.15) is 5.26 Å². The van der Waals surface area contributed by atoms with Gasteiger partial charge >= 0.3 is 0 Å². The number of nitrogens with zero attached hydrogens (tertiary/aromatic N) is 2. The van der Waals surface area contributed by atoms with Crippen molar-refractivity contribution >= 4 is 17.4 Å². The molecular formula is C8H4ClN3. The predicted octanol–water partition coefficient (Wildman–Crippen LogP) is 1.19. The van der Waals surface area contributed by atoms with Gasteiger partial charge in [0.05, 0.1) is 10.6 Å². The molecule has 0 aliphatic heterocycles. The molecule has 1 aromatic heterocycles. The third-order valence-corrected chi connectivity index (χ3v) is 1.44. The number of hydrogen-bond acceptors (Lipinski definition) is 3. The Morgan fingerprint density at radius 3 is 2.92 bits per heavy atom. The highest BCUT2D eigenvalue weighted by Crippen LogP contribution is 2.15. The van der Waals surface area contributed by atoms with E-state index >= 15 is 0 Å². The fourth-order valence-electron chi connectivity index (χ4n) is 0.633. The second-order valence-electron chi connectivity index (χ2n) is 1.95. The van der Waals surface area contributed by atoms with Crippen molar-refractivity contribution in [1.29, 1.82) is 5.26 Å². The van der Waals surface area contributed by atoms with Crippen LogP contribution >= 0.6 is 11.6 Å². The summed E-state index contributed by atoms with van der Waals surface area (Å²) in [5, 5.41) is 8.57. The van der Waals surface area contributed by atoms with Crippen LogP contribution in [0.4, 0.5) is 5.82 Å². The molecule has 0 saturated heterocycles. The Bertz CT molecular complexity index is 395. The zero-order valence-electron chi connectivity index (χ0n) is 6.00. The molecule has 4 heteroatoms. The molecular weight excluding hydrogens is 174 g/mol. The van der Waals surface area contributed by atoms with Crippen LogP contribution in [0.2, 0.25) is 5.02 Å². The van der Waals surface area contributed by atoms with E-state index in [4.69, 9.17) is 22.6 Å². The summed E-state index contributed by atoms with van der Waals surface area (Å²) in [6.45, 7) is 0. The highest BCUT2D eigenvalue weighted by atomic mass is 35.5. The van der Waals surface area contributed by atoms with E-state index in [1.165, 1.54) is 12.3 Å². The number of pyridine rings is 1. The Balaban J connectivity index is 3.12. The van der Waals surface area contributed by atoms with Gasteiger partial charge in [-0.1, -0.05) is 11.6 Å². The van der Waals surface area contributed by atoms with Crippen LogP contribution in [0.15, 0.2) is 12.3 Å². The third-order valence-electron chi connectivity index (χ3n) is 1.13. The molecule has 3 nitrogen and oxygen atoms in total. The lowest BCUT2D eigenvalue weighted by Crippen LogP contribution is -1.90. The summed E-state index contributed by atoms with van der Waals surface area (Å²) in [6, 6.07) is 3.17. The number of nitriles is 1. The fourth-order valence-corrected chi connectivity index (χ4v) is 0.841. The number of aromatic nitrogens is 1. The van der Waals surface area contributed by atoms with Crippen molar-refractivity contribution in [2.45, 2.75) is 0 Å². The molecule has 0 radical (unpaired) electrons. The van der Waals surface area contributed by atoms with E-state index in [-0.39, 0.29) is 0 Å².